The summed E-state index contributed by atoms with van der Waals surface area (Å²) in [6, 6.07) is 6.45. The van der Waals surface area contributed by atoms with E-state index >= 15 is 0 Å². The van der Waals surface area contributed by atoms with Crippen molar-refractivity contribution in [3.05, 3.63) is 29.3 Å². The predicted molar refractivity (Wildman–Crippen MR) is 101 cm³/mol. The molecule has 0 bridgehead atoms. The van der Waals surface area contributed by atoms with Gasteiger partial charge in [0.1, 0.15) is 12.4 Å². The van der Waals surface area contributed by atoms with Crippen molar-refractivity contribution in [1.29, 1.82) is 0 Å². The number of nitrogens with zero attached hydrogens (tertiary/aromatic N) is 2. The van der Waals surface area contributed by atoms with Crippen LogP contribution in [0.15, 0.2) is 18.2 Å². The van der Waals surface area contributed by atoms with Crippen molar-refractivity contribution in [1.82, 2.24) is 9.80 Å². The second kappa shape index (κ2) is 8.70. The third-order valence-corrected chi connectivity index (χ3v) is 5.55. The molecule has 0 spiro atoms. The summed E-state index contributed by atoms with van der Waals surface area (Å²) >= 11 is 0. The van der Waals surface area contributed by atoms with E-state index < -0.39 is 0 Å². The third kappa shape index (κ3) is 5.21. The van der Waals surface area contributed by atoms with Gasteiger partial charge in [-0.3, -0.25) is 9.69 Å². The van der Waals surface area contributed by atoms with Gasteiger partial charge in [-0.2, -0.15) is 0 Å². The smallest absolute Gasteiger partial charge is 0.222 e. The second-order valence-corrected chi connectivity index (χ2v) is 7.82. The maximum Gasteiger partial charge on any atom is 0.222 e. The summed E-state index contributed by atoms with van der Waals surface area (Å²) in [7, 11) is 3.63. The minimum atomic E-state index is 0.185. The molecule has 2 aliphatic rings. The minimum absolute atomic E-state index is 0.185. The molecule has 0 atom stereocenters. The van der Waals surface area contributed by atoms with Gasteiger partial charge in [0.15, 0.2) is 0 Å². The number of carbonyl (C=O) groups is 1. The van der Waals surface area contributed by atoms with E-state index in [0.29, 0.717) is 6.42 Å². The highest BCUT2D eigenvalue weighted by atomic mass is 16.5. The van der Waals surface area contributed by atoms with Gasteiger partial charge in [-0.1, -0.05) is 31.4 Å². The van der Waals surface area contributed by atoms with Crippen LogP contribution < -0.4 is 4.74 Å². The van der Waals surface area contributed by atoms with Crippen molar-refractivity contribution in [3.8, 4) is 5.75 Å². The van der Waals surface area contributed by atoms with Crippen molar-refractivity contribution >= 4 is 5.91 Å². The van der Waals surface area contributed by atoms with Gasteiger partial charge >= 0.3 is 0 Å². The van der Waals surface area contributed by atoms with Crippen molar-refractivity contribution in [2.75, 3.05) is 33.8 Å². The molecule has 0 aromatic heterocycles. The Morgan fingerprint density at radius 1 is 1.24 bits per heavy atom. The Bertz CT molecular complexity index is 579. The fourth-order valence-electron chi connectivity index (χ4n) is 4.02. The first kappa shape index (κ1) is 18.2. The number of aryl methyl sites for hydroxylation is 1. The molecule has 25 heavy (non-hydrogen) atoms. The van der Waals surface area contributed by atoms with E-state index in [1.54, 1.807) is 4.90 Å². The molecule has 0 N–H and O–H groups in total. The standard InChI is InChI=1S/C21H32N2O2/c1-22(2)21(24)11-9-17-8-10-20-19(14-17)16-23(12-13-25-20)15-18-6-4-3-5-7-18/h8,10,14,18H,3-7,9,11-13,15-16H2,1-2H3. The van der Waals surface area contributed by atoms with Crippen molar-refractivity contribution in [2.24, 2.45) is 5.92 Å². The van der Waals surface area contributed by atoms with Gasteiger partial charge < -0.3 is 9.64 Å². The van der Waals surface area contributed by atoms with Crippen LogP contribution in [-0.2, 0) is 17.8 Å². The summed E-state index contributed by atoms with van der Waals surface area (Å²) in [5.74, 6) is 2.06. The second-order valence-electron chi connectivity index (χ2n) is 7.82. The molecule has 1 aliphatic heterocycles. The molecule has 0 saturated heterocycles. The van der Waals surface area contributed by atoms with Crippen molar-refractivity contribution in [3.63, 3.8) is 0 Å². The summed E-state index contributed by atoms with van der Waals surface area (Å²) < 4.78 is 5.97. The third-order valence-electron chi connectivity index (χ3n) is 5.55. The van der Waals surface area contributed by atoms with Crippen LogP contribution in [-0.4, -0.2) is 49.5 Å². The van der Waals surface area contributed by atoms with Gasteiger partial charge in [0.05, 0.1) is 0 Å². The number of amides is 1. The lowest BCUT2D eigenvalue weighted by Crippen LogP contribution is -2.32. The van der Waals surface area contributed by atoms with Crippen LogP contribution in [0.3, 0.4) is 0 Å². The normalized spacial score (nSPS) is 19.0. The largest absolute Gasteiger partial charge is 0.492 e. The molecule has 138 valence electrons. The summed E-state index contributed by atoms with van der Waals surface area (Å²) in [5, 5.41) is 0. The van der Waals surface area contributed by atoms with Crippen LogP contribution in [0.1, 0.15) is 49.7 Å². The highest BCUT2D eigenvalue weighted by Gasteiger charge is 2.21. The van der Waals surface area contributed by atoms with E-state index in [1.807, 2.05) is 14.1 Å². The molecule has 1 heterocycles. The maximum absolute atomic E-state index is 11.8. The number of carbonyl (C=O) groups excluding carboxylic acids is 1. The zero-order chi connectivity index (χ0) is 17.6. The van der Waals surface area contributed by atoms with Gasteiger partial charge in [-0.05, 0) is 36.8 Å². The zero-order valence-corrected chi connectivity index (χ0v) is 15.8. The fourth-order valence-corrected chi connectivity index (χ4v) is 4.02. The van der Waals surface area contributed by atoms with Gasteiger partial charge in [0.25, 0.3) is 0 Å². The van der Waals surface area contributed by atoms with Gasteiger partial charge in [0, 0.05) is 45.7 Å². The summed E-state index contributed by atoms with van der Waals surface area (Å²) in [5.41, 5.74) is 2.51. The highest BCUT2D eigenvalue weighted by Crippen LogP contribution is 2.28. The van der Waals surface area contributed by atoms with Crippen LogP contribution in [0, 0.1) is 5.92 Å². The quantitative estimate of drug-likeness (QED) is 0.820. The SMILES string of the molecule is CN(C)C(=O)CCc1ccc2c(c1)CN(CC1CCCCC1)CCO2. The number of benzene rings is 1. The number of ether oxygens (including phenoxy) is 1. The topological polar surface area (TPSA) is 32.8 Å². The molecule has 1 amide bonds. The fraction of sp³-hybridized carbons (Fsp3) is 0.667. The molecule has 4 heteroatoms. The first-order chi connectivity index (χ1) is 12.1. The first-order valence-corrected chi connectivity index (χ1v) is 9.79. The Hall–Kier alpha value is -1.55. The van der Waals surface area contributed by atoms with E-state index in [4.69, 9.17) is 4.74 Å². The molecule has 0 unspecified atom stereocenters. The van der Waals surface area contributed by atoms with Crippen LogP contribution in [0.25, 0.3) is 0 Å². The average Bonchev–Trinajstić information content (AvgIpc) is 2.81. The monoisotopic (exact) mass is 344 g/mol. The van der Waals surface area contributed by atoms with Crippen LogP contribution in [0.2, 0.25) is 0 Å². The number of fused-ring (bicyclic) bond motifs is 1. The van der Waals surface area contributed by atoms with Crippen LogP contribution >= 0.6 is 0 Å². The van der Waals surface area contributed by atoms with Crippen LogP contribution in [0.4, 0.5) is 0 Å². The van der Waals surface area contributed by atoms with Gasteiger partial charge in [0.2, 0.25) is 5.91 Å². The summed E-state index contributed by atoms with van der Waals surface area (Å²) in [6.07, 6.45) is 8.35. The average molecular weight is 344 g/mol. The molecular weight excluding hydrogens is 312 g/mol. The van der Waals surface area contributed by atoms with E-state index in [0.717, 1.165) is 37.8 Å². The Morgan fingerprint density at radius 2 is 2.04 bits per heavy atom. The number of hydrogen-bond acceptors (Lipinski definition) is 3. The maximum atomic E-state index is 11.8. The Labute approximate surface area is 152 Å². The van der Waals surface area contributed by atoms with Crippen molar-refractivity contribution < 1.29 is 9.53 Å². The van der Waals surface area contributed by atoms with E-state index in [9.17, 15) is 4.79 Å². The van der Waals surface area contributed by atoms with E-state index in [2.05, 4.69) is 23.1 Å². The Kier molecular flexibility index (Phi) is 6.35. The van der Waals surface area contributed by atoms with E-state index in [-0.39, 0.29) is 5.91 Å². The Morgan fingerprint density at radius 3 is 2.80 bits per heavy atom. The molecule has 3 rings (SSSR count). The number of rotatable bonds is 5. The van der Waals surface area contributed by atoms with E-state index in [1.165, 1.54) is 49.8 Å². The summed E-state index contributed by atoms with van der Waals surface area (Å²) in [4.78, 5) is 16.1. The molecule has 1 aromatic carbocycles. The first-order valence-electron chi connectivity index (χ1n) is 9.79. The molecule has 1 saturated carbocycles. The highest BCUT2D eigenvalue weighted by molar-refractivity contribution is 5.75. The molecule has 0 radical (unpaired) electrons. The molecular formula is C21H32N2O2. The Balaban J connectivity index is 1.62. The lowest BCUT2D eigenvalue weighted by molar-refractivity contribution is -0.128. The van der Waals surface area contributed by atoms with Gasteiger partial charge in [-0.25, -0.2) is 0 Å². The lowest BCUT2D eigenvalue weighted by atomic mass is 9.89. The van der Waals surface area contributed by atoms with Gasteiger partial charge in [-0.15, -0.1) is 0 Å². The molecule has 4 nitrogen and oxygen atoms in total. The van der Waals surface area contributed by atoms with Crippen LogP contribution in [0.5, 0.6) is 5.75 Å². The lowest BCUT2D eigenvalue weighted by Gasteiger charge is -2.28. The van der Waals surface area contributed by atoms with Crippen molar-refractivity contribution in [2.45, 2.75) is 51.5 Å². The minimum Gasteiger partial charge on any atom is -0.492 e. The molecule has 1 aliphatic carbocycles. The zero-order valence-electron chi connectivity index (χ0n) is 15.8. The molecule has 1 fully saturated rings. The predicted octanol–water partition coefficient (Wildman–Crippen LogP) is 3.48. The number of hydrogen-bond donors (Lipinski definition) is 0. The molecule has 1 aromatic rings. The summed E-state index contributed by atoms with van der Waals surface area (Å²) in [6.45, 7) is 3.96.